The highest BCUT2D eigenvalue weighted by atomic mass is 16.3. The van der Waals surface area contributed by atoms with E-state index in [1.165, 1.54) is 0 Å². The number of rotatable bonds is 2. The first-order chi connectivity index (χ1) is 9.16. The molecule has 1 aliphatic rings. The van der Waals surface area contributed by atoms with Crippen LogP contribution in [-0.4, -0.2) is 29.3 Å². The zero-order valence-electron chi connectivity index (χ0n) is 11.1. The molecule has 4 heteroatoms. The summed E-state index contributed by atoms with van der Waals surface area (Å²) in [5.41, 5.74) is 8.83. The van der Waals surface area contributed by atoms with Gasteiger partial charge in [-0.1, -0.05) is 0 Å². The van der Waals surface area contributed by atoms with Crippen LogP contribution >= 0.6 is 0 Å². The lowest BCUT2D eigenvalue weighted by molar-refractivity contribution is 0.136. The lowest BCUT2D eigenvalue weighted by Gasteiger charge is -2.21. The van der Waals surface area contributed by atoms with Gasteiger partial charge in [0.1, 0.15) is 0 Å². The highest BCUT2D eigenvalue weighted by Crippen LogP contribution is 2.33. The van der Waals surface area contributed by atoms with Gasteiger partial charge in [-0.05, 0) is 37.6 Å². The number of nitrogens with two attached hydrogens (primary N) is 1. The summed E-state index contributed by atoms with van der Waals surface area (Å²) in [6, 6.07) is 7.89. The predicted octanol–water partition coefficient (Wildman–Crippen LogP) is 2.02. The number of benzene rings is 1. The average Bonchev–Trinajstić information content (AvgIpc) is 2.89. The number of hydrogen-bond acceptors (Lipinski definition) is 4. The Kier molecular flexibility index (Phi) is 3.03. The maximum Gasteiger partial charge on any atom is 0.0955 e. The number of aliphatic hydroxyl groups excluding tert-OH is 1. The molecular weight excluding hydrogens is 238 g/mol. The van der Waals surface area contributed by atoms with Gasteiger partial charge in [-0.2, -0.15) is 0 Å². The Balaban J connectivity index is 2.00. The molecule has 100 valence electrons. The molecule has 0 radical (unpaired) electrons. The van der Waals surface area contributed by atoms with Gasteiger partial charge in [0, 0.05) is 36.3 Å². The Hall–Kier alpha value is -1.81. The Labute approximate surface area is 112 Å². The average molecular weight is 257 g/mol. The standard InChI is InChI=1S/C15H19N3O/c1-10(19)11-6-8-18(9-11)14-5-4-13(16)12-3-2-7-17-15(12)14/h2-5,7,10-11,19H,6,8-9,16H2,1H3. The van der Waals surface area contributed by atoms with Crippen molar-refractivity contribution in [2.45, 2.75) is 19.4 Å². The van der Waals surface area contributed by atoms with E-state index >= 15 is 0 Å². The van der Waals surface area contributed by atoms with Crippen molar-refractivity contribution in [3.63, 3.8) is 0 Å². The molecule has 0 bridgehead atoms. The number of aliphatic hydroxyl groups is 1. The largest absolute Gasteiger partial charge is 0.398 e. The number of nitrogens with zero attached hydrogens (tertiary/aromatic N) is 2. The Morgan fingerprint density at radius 3 is 3.00 bits per heavy atom. The van der Waals surface area contributed by atoms with Crippen molar-refractivity contribution >= 4 is 22.3 Å². The summed E-state index contributed by atoms with van der Waals surface area (Å²) < 4.78 is 0. The van der Waals surface area contributed by atoms with Crippen molar-refractivity contribution < 1.29 is 5.11 Å². The van der Waals surface area contributed by atoms with Crippen molar-refractivity contribution in [2.24, 2.45) is 5.92 Å². The van der Waals surface area contributed by atoms with E-state index < -0.39 is 0 Å². The summed E-state index contributed by atoms with van der Waals surface area (Å²) in [6.07, 6.45) is 2.57. The molecule has 0 amide bonds. The molecular formula is C15H19N3O. The third-order valence-corrected chi connectivity index (χ3v) is 4.03. The number of aromatic nitrogens is 1. The van der Waals surface area contributed by atoms with E-state index in [9.17, 15) is 5.11 Å². The minimum atomic E-state index is -0.252. The van der Waals surface area contributed by atoms with E-state index in [0.717, 1.165) is 41.8 Å². The summed E-state index contributed by atoms with van der Waals surface area (Å²) in [4.78, 5) is 6.77. The summed E-state index contributed by atoms with van der Waals surface area (Å²) in [6.45, 7) is 3.71. The number of fused-ring (bicyclic) bond motifs is 1. The van der Waals surface area contributed by atoms with Gasteiger partial charge in [-0.3, -0.25) is 4.98 Å². The van der Waals surface area contributed by atoms with Gasteiger partial charge < -0.3 is 15.7 Å². The number of pyridine rings is 1. The van der Waals surface area contributed by atoms with E-state index in [1.54, 1.807) is 6.20 Å². The predicted molar refractivity (Wildman–Crippen MR) is 78.2 cm³/mol. The molecule has 1 saturated heterocycles. The molecule has 2 unspecified atom stereocenters. The fourth-order valence-electron chi connectivity index (χ4n) is 2.83. The van der Waals surface area contributed by atoms with E-state index in [4.69, 9.17) is 5.73 Å². The quantitative estimate of drug-likeness (QED) is 0.808. The van der Waals surface area contributed by atoms with Crippen LogP contribution in [-0.2, 0) is 0 Å². The second kappa shape index (κ2) is 4.70. The molecule has 19 heavy (non-hydrogen) atoms. The molecule has 3 rings (SSSR count). The van der Waals surface area contributed by atoms with Crippen molar-refractivity contribution in [1.29, 1.82) is 0 Å². The van der Waals surface area contributed by atoms with Crippen LogP contribution in [0.2, 0.25) is 0 Å². The molecule has 3 N–H and O–H groups in total. The number of anilines is 2. The van der Waals surface area contributed by atoms with E-state index in [0.29, 0.717) is 5.92 Å². The van der Waals surface area contributed by atoms with E-state index in [-0.39, 0.29) is 6.10 Å². The molecule has 2 atom stereocenters. The van der Waals surface area contributed by atoms with Crippen LogP contribution in [0.3, 0.4) is 0 Å². The van der Waals surface area contributed by atoms with Crippen LogP contribution in [0.4, 0.5) is 11.4 Å². The maximum absolute atomic E-state index is 9.71. The molecule has 1 aromatic heterocycles. The number of hydrogen-bond donors (Lipinski definition) is 2. The molecule has 1 aromatic carbocycles. The van der Waals surface area contributed by atoms with Crippen LogP contribution in [0.25, 0.3) is 10.9 Å². The lowest BCUT2D eigenvalue weighted by Crippen LogP contribution is -2.24. The van der Waals surface area contributed by atoms with Gasteiger partial charge >= 0.3 is 0 Å². The molecule has 0 saturated carbocycles. The highest BCUT2D eigenvalue weighted by Gasteiger charge is 2.27. The zero-order valence-corrected chi connectivity index (χ0v) is 11.1. The van der Waals surface area contributed by atoms with Crippen LogP contribution in [0.5, 0.6) is 0 Å². The normalized spacial score (nSPS) is 20.9. The summed E-state index contributed by atoms with van der Waals surface area (Å²) in [7, 11) is 0. The molecule has 1 fully saturated rings. The van der Waals surface area contributed by atoms with Gasteiger partial charge in [0.2, 0.25) is 0 Å². The van der Waals surface area contributed by atoms with Gasteiger partial charge in [0.25, 0.3) is 0 Å². The Bertz CT molecular complexity index is 597. The second-order valence-corrected chi connectivity index (χ2v) is 5.31. The molecule has 4 nitrogen and oxygen atoms in total. The molecule has 2 aromatic rings. The summed E-state index contributed by atoms with van der Waals surface area (Å²) in [5.74, 6) is 0.344. The van der Waals surface area contributed by atoms with Crippen molar-refractivity contribution in [3.05, 3.63) is 30.5 Å². The topological polar surface area (TPSA) is 62.4 Å². The van der Waals surface area contributed by atoms with Crippen LogP contribution < -0.4 is 10.6 Å². The Morgan fingerprint density at radius 1 is 1.42 bits per heavy atom. The summed E-state index contributed by atoms with van der Waals surface area (Å²) in [5, 5.41) is 10.7. The third-order valence-electron chi connectivity index (χ3n) is 4.03. The minimum absolute atomic E-state index is 0.252. The zero-order chi connectivity index (χ0) is 13.4. The summed E-state index contributed by atoms with van der Waals surface area (Å²) >= 11 is 0. The van der Waals surface area contributed by atoms with E-state index in [1.807, 2.05) is 31.2 Å². The van der Waals surface area contributed by atoms with Crippen LogP contribution in [0.15, 0.2) is 30.5 Å². The SMILES string of the molecule is CC(O)C1CCN(c2ccc(N)c3cccnc23)C1. The van der Waals surface area contributed by atoms with Crippen LogP contribution in [0, 0.1) is 5.92 Å². The van der Waals surface area contributed by atoms with Crippen molar-refractivity contribution in [2.75, 3.05) is 23.7 Å². The van der Waals surface area contributed by atoms with Crippen molar-refractivity contribution in [1.82, 2.24) is 4.98 Å². The monoisotopic (exact) mass is 257 g/mol. The van der Waals surface area contributed by atoms with Gasteiger partial charge in [-0.25, -0.2) is 0 Å². The number of nitrogen functional groups attached to an aromatic ring is 1. The molecule has 2 heterocycles. The molecule has 1 aliphatic heterocycles. The first-order valence-corrected chi connectivity index (χ1v) is 6.73. The molecule has 0 spiro atoms. The fourth-order valence-corrected chi connectivity index (χ4v) is 2.83. The first kappa shape index (κ1) is 12.2. The highest BCUT2D eigenvalue weighted by molar-refractivity contribution is 5.98. The van der Waals surface area contributed by atoms with E-state index in [2.05, 4.69) is 9.88 Å². The van der Waals surface area contributed by atoms with Crippen molar-refractivity contribution in [3.8, 4) is 0 Å². The molecule has 0 aliphatic carbocycles. The van der Waals surface area contributed by atoms with Gasteiger partial charge in [0.05, 0.1) is 17.3 Å². The second-order valence-electron chi connectivity index (χ2n) is 5.31. The van der Waals surface area contributed by atoms with Gasteiger partial charge in [0.15, 0.2) is 0 Å². The lowest BCUT2D eigenvalue weighted by atomic mass is 10.0. The smallest absolute Gasteiger partial charge is 0.0955 e. The Morgan fingerprint density at radius 2 is 2.26 bits per heavy atom. The third kappa shape index (κ3) is 2.12. The first-order valence-electron chi connectivity index (χ1n) is 6.73. The van der Waals surface area contributed by atoms with Crippen LogP contribution in [0.1, 0.15) is 13.3 Å². The minimum Gasteiger partial charge on any atom is -0.398 e. The van der Waals surface area contributed by atoms with Gasteiger partial charge in [-0.15, -0.1) is 0 Å². The maximum atomic E-state index is 9.71. The fraction of sp³-hybridized carbons (Fsp3) is 0.400.